The van der Waals surface area contributed by atoms with Crippen molar-refractivity contribution < 1.29 is 24.9 Å². The molecule has 0 saturated carbocycles. The fraction of sp³-hybridized carbons (Fsp3) is 0.0800. The average molecular weight is 400 g/mol. The quantitative estimate of drug-likeness (QED) is 0.312. The monoisotopic (exact) mass is 400 g/mol. The lowest BCUT2D eigenvalue weighted by Crippen LogP contribution is -2.07. The second-order valence-electron chi connectivity index (χ2n) is 6.84. The maximum atomic E-state index is 12.6. The van der Waals surface area contributed by atoms with E-state index in [2.05, 4.69) is 0 Å². The number of carbonyl (C=O) groups is 1. The third-order valence-corrected chi connectivity index (χ3v) is 5.00. The summed E-state index contributed by atoms with van der Waals surface area (Å²) in [6.07, 6.45) is 0. The Labute approximate surface area is 173 Å². The summed E-state index contributed by atoms with van der Waals surface area (Å²) in [6, 6.07) is 21.3. The van der Waals surface area contributed by atoms with Gasteiger partial charge in [0.05, 0.1) is 6.61 Å². The number of ether oxygens (including phenoxy) is 1. The molecule has 150 valence electrons. The highest BCUT2D eigenvalue weighted by atomic mass is 16.5. The van der Waals surface area contributed by atoms with Gasteiger partial charge in [0.2, 0.25) is 0 Å². The van der Waals surface area contributed by atoms with E-state index >= 15 is 0 Å². The molecule has 30 heavy (non-hydrogen) atoms. The molecule has 5 nitrogen and oxygen atoms in total. The molecule has 0 radical (unpaired) electrons. The maximum Gasteiger partial charge on any atom is 0.342 e. The maximum absolute atomic E-state index is 12.6. The van der Waals surface area contributed by atoms with Gasteiger partial charge < -0.3 is 20.1 Å². The third-order valence-electron chi connectivity index (χ3n) is 5.00. The molecule has 0 aliphatic carbocycles. The third kappa shape index (κ3) is 3.31. The minimum absolute atomic E-state index is 0.0294. The molecule has 0 amide bonds. The van der Waals surface area contributed by atoms with Crippen molar-refractivity contribution in [3.63, 3.8) is 0 Å². The number of phenolic OH excluding ortho intramolecular Hbond substituents is 3. The summed E-state index contributed by atoms with van der Waals surface area (Å²) in [4.78, 5) is 12.6. The van der Waals surface area contributed by atoms with Crippen molar-refractivity contribution in [1.82, 2.24) is 0 Å². The van der Waals surface area contributed by atoms with Crippen LogP contribution in [0.3, 0.4) is 0 Å². The lowest BCUT2D eigenvalue weighted by molar-refractivity contribution is 0.0523. The Bertz CT molecular complexity index is 1250. The number of hydrogen-bond acceptors (Lipinski definition) is 5. The highest BCUT2D eigenvalue weighted by Gasteiger charge is 2.25. The summed E-state index contributed by atoms with van der Waals surface area (Å²) >= 11 is 0. The summed E-state index contributed by atoms with van der Waals surface area (Å²) in [5.74, 6) is -1.49. The van der Waals surface area contributed by atoms with Crippen LogP contribution < -0.4 is 0 Å². The predicted molar refractivity (Wildman–Crippen MR) is 116 cm³/mol. The number of rotatable bonds is 4. The number of carbonyl (C=O) groups excluding carboxylic acids is 1. The van der Waals surface area contributed by atoms with Gasteiger partial charge in [0.15, 0.2) is 0 Å². The Hall–Kier alpha value is -3.99. The van der Waals surface area contributed by atoms with Crippen LogP contribution in [0.5, 0.6) is 17.2 Å². The number of esters is 1. The summed E-state index contributed by atoms with van der Waals surface area (Å²) in [7, 11) is 0. The first-order valence-electron chi connectivity index (χ1n) is 9.54. The minimum Gasteiger partial charge on any atom is -0.507 e. The largest absolute Gasteiger partial charge is 0.507 e. The highest BCUT2D eigenvalue weighted by molar-refractivity contribution is 6.09. The van der Waals surface area contributed by atoms with E-state index in [4.69, 9.17) is 4.74 Å². The van der Waals surface area contributed by atoms with Crippen LogP contribution in [0, 0.1) is 0 Å². The lowest BCUT2D eigenvalue weighted by atomic mass is 9.90. The highest BCUT2D eigenvalue weighted by Crippen LogP contribution is 2.46. The summed E-state index contributed by atoms with van der Waals surface area (Å²) < 4.78 is 5.08. The van der Waals surface area contributed by atoms with E-state index in [1.54, 1.807) is 13.0 Å². The van der Waals surface area contributed by atoms with E-state index in [-0.39, 0.29) is 40.5 Å². The Morgan fingerprint density at radius 3 is 2.13 bits per heavy atom. The summed E-state index contributed by atoms with van der Waals surface area (Å²) in [5.41, 5.74) is 1.99. The zero-order valence-electron chi connectivity index (χ0n) is 16.3. The van der Waals surface area contributed by atoms with Crippen LogP contribution in [0.15, 0.2) is 72.8 Å². The van der Waals surface area contributed by atoms with Gasteiger partial charge in [-0.1, -0.05) is 48.5 Å². The molecule has 0 saturated heterocycles. The molecule has 5 heteroatoms. The first kappa shape index (κ1) is 19.3. The Kier molecular flexibility index (Phi) is 5.02. The smallest absolute Gasteiger partial charge is 0.342 e. The van der Waals surface area contributed by atoms with Crippen LogP contribution in [-0.4, -0.2) is 27.9 Å². The lowest BCUT2D eigenvalue weighted by Gasteiger charge is -2.16. The standard InChI is InChI=1S/C25H20O5/c1-2-30-25(29)24-21(28)13-12-20(27)23(24)22-18-14-17(15-6-4-3-5-7-15)9-8-16(18)10-11-19(22)26/h3-14,26-28H,2H2,1H3. The molecule has 0 spiro atoms. The molecule has 3 N–H and O–H groups in total. The van der Waals surface area contributed by atoms with Crippen LogP contribution in [0.2, 0.25) is 0 Å². The van der Waals surface area contributed by atoms with Gasteiger partial charge in [0, 0.05) is 11.1 Å². The van der Waals surface area contributed by atoms with Gasteiger partial charge in [-0.3, -0.25) is 0 Å². The Balaban J connectivity index is 2.05. The van der Waals surface area contributed by atoms with Crippen LogP contribution in [0.4, 0.5) is 0 Å². The molecule has 0 fully saturated rings. The van der Waals surface area contributed by atoms with Gasteiger partial charge in [-0.05, 0) is 53.1 Å². The van der Waals surface area contributed by atoms with Crippen molar-refractivity contribution >= 4 is 16.7 Å². The van der Waals surface area contributed by atoms with Crippen LogP contribution in [0.25, 0.3) is 33.0 Å². The zero-order chi connectivity index (χ0) is 21.3. The Morgan fingerprint density at radius 1 is 0.767 bits per heavy atom. The van der Waals surface area contributed by atoms with Crippen LogP contribution in [0.1, 0.15) is 17.3 Å². The van der Waals surface area contributed by atoms with E-state index in [1.165, 1.54) is 18.2 Å². The molecule has 0 aromatic heterocycles. The number of aromatic hydroxyl groups is 3. The van der Waals surface area contributed by atoms with Crippen LogP contribution >= 0.6 is 0 Å². The minimum atomic E-state index is -0.781. The molecule has 0 heterocycles. The van der Waals surface area contributed by atoms with Crippen LogP contribution in [-0.2, 0) is 4.74 Å². The van der Waals surface area contributed by atoms with Gasteiger partial charge in [-0.25, -0.2) is 4.79 Å². The van der Waals surface area contributed by atoms with Gasteiger partial charge in [-0.2, -0.15) is 0 Å². The molecular formula is C25H20O5. The number of benzene rings is 4. The topological polar surface area (TPSA) is 87.0 Å². The van der Waals surface area contributed by atoms with Gasteiger partial charge in [0.1, 0.15) is 22.8 Å². The van der Waals surface area contributed by atoms with Gasteiger partial charge in [-0.15, -0.1) is 0 Å². The SMILES string of the molecule is CCOC(=O)c1c(O)ccc(O)c1-c1c(O)ccc2ccc(-c3ccccc3)cc12. The molecule has 4 aromatic carbocycles. The summed E-state index contributed by atoms with van der Waals surface area (Å²) in [5, 5.41) is 33.2. The first-order chi connectivity index (χ1) is 14.5. The zero-order valence-corrected chi connectivity index (χ0v) is 16.3. The molecule has 0 atom stereocenters. The molecular weight excluding hydrogens is 380 g/mol. The first-order valence-corrected chi connectivity index (χ1v) is 9.54. The van der Waals surface area contributed by atoms with Crippen molar-refractivity contribution in [2.24, 2.45) is 0 Å². The second-order valence-corrected chi connectivity index (χ2v) is 6.84. The number of phenols is 3. The van der Waals surface area contributed by atoms with Crippen molar-refractivity contribution in [1.29, 1.82) is 0 Å². The molecule has 0 aliphatic rings. The number of fused-ring (bicyclic) bond motifs is 1. The predicted octanol–water partition coefficient (Wildman–Crippen LogP) is 5.47. The van der Waals surface area contributed by atoms with Crippen molar-refractivity contribution in [3.05, 3.63) is 78.4 Å². The van der Waals surface area contributed by atoms with E-state index in [0.29, 0.717) is 5.39 Å². The van der Waals surface area contributed by atoms with Crippen molar-refractivity contribution in [3.8, 4) is 39.5 Å². The second kappa shape index (κ2) is 7.79. The van der Waals surface area contributed by atoms with E-state index in [1.807, 2.05) is 48.5 Å². The van der Waals surface area contributed by atoms with Crippen molar-refractivity contribution in [2.75, 3.05) is 6.61 Å². The molecule has 0 bridgehead atoms. The molecule has 4 aromatic rings. The molecule has 0 unspecified atom stereocenters. The van der Waals surface area contributed by atoms with Gasteiger partial charge >= 0.3 is 5.97 Å². The fourth-order valence-electron chi connectivity index (χ4n) is 3.62. The summed E-state index contributed by atoms with van der Waals surface area (Å²) in [6.45, 7) is 1.76. The molecule has 4 rings (SSSR count). The van der Waals surface area contributed by atoms with E-state index in [0.717, 1.165) is 16.5 Å². The van der Waals surface area contributed by atoms with E-state index in [9.17, 15) is 20.1 Å². The van der Waals surface area contributed by atoms with Gasteiger partial charge in [0.25, 0.3) is 0 Å². The average Bonchev–Trinajstić information content (AvgIpc) is 2.76. The van der Waals surface area contributed by atoms with Crippen molar-refractivity contribution in [2.45, 2.75) is 6.92 Å². The normalized spacial score (nSPS) is 10.8. The Morgan fingerprint density at radius 2 is 1.40 bits per heavy atom. The molecule has 0 aliphatic heterocycles. The fourth-order valence-corrected chi connectivity index (χ4v) is 3.62. The van der Waals surface area contributed by atoms with E-state index < -0.39 is 5.97 Å². The number of hydrogen-bond donors (Lipinski definition) is 3.